The Morgan fingerprint density at radius 3 is 2.59 bits per heavy atom. The van der Waals surface area contributed by atoms with Gasteiger partial charge in [-0.2, -0.15) is 0 Å². The van der Waals surface area contributed by atoms with Gasteiger partial charge < -0.3 is 4.57 Å². The summed E-state index contributed by atoms with van der Waals surface area (Å²) < 4.78 is 2.34. The maximum Gasteiger partial charge on any atom is 0.112 e. The molecule has 0 bridgehead atoms. The number of halogens is 1. The molecule has 92 valence electrons. The molecule has 0 saturated carbocycles. The van der Waals surface area contributed by atoms with Crippen molar-refractivity contribution in [1.29, 1.82) is 0 Å². The number of aromatic nitrogens is 2. The topological polar surface area (TPSA) is 17.8 Å². The highest BCUT2D eigenvalue weighted by atomic mass is 35.5. The molecule has 0 N–H and O–H groups in total. The largest absolute Gasteiger partial charge is 0.325 e. The molecule has 0 spiro atoms. The predicted molar refractivity (Wildman–Crippen MR) is 73.8 cm³/mol. The highest BCUT2D eigenvalue weighted by Crippen LogP contribution is 2.28. The van der Waals surface area contributed by atoms with Crippen LogP contribution in [-0.2, 0) is 0 Å². The van der Waals surface area contributed by atoms with E-state index in [2.05, 4.69) is 38.3 Å². The standard InChI is InChI=1S/C14H19ClN2/c1-5-10(4)17-13-7-6-11(15)8-12(13)16-14(17)9(2)3/h6-10H,5H2,1-4H3. The minimum atomic E-state index is 0.426. The second kappa shape index (κ2) is 4.69. The Morgan fingerprint density at radius 2 is 2.00 bits per heavy atom. The van der Waals surface area contributed by atoms with Crippen LogP contribution in [0.15, 0.2) is 18.2 Å². The summed E-state index contributed by atoms with van der Waals surface area (Å²) in [5.74, 6) is 1.58. The average Bonchev–Trinajstić information content (AvgIpc) is 2.66. The SMILES string of the molecule is CCC(C)n1c(C(C)C)nc2cc(Cl)ccc21. The Bertz CT molecular complexity index is 528. The summed E-state index contributed by atoms with van der Waals surface area (Å²) in [5.41, 5.74) is 2.19. The number of hydrogen-bond donors (Lipinski definition) is 0. The van der Waals surface area contributed by atoms with Gasteiger partial charge in [-0.15, -0.1) is 0 Å². The smallest absolute Gasteiger partial charge is 0.112 e. The van der Waals surface area contributed by atoms with E-state index >= 15 is 0 Å². The van der Waals surface area contributed by atoms with Gasteiger partial charge in [0.15, 0.2) is 0 Å². The fraction of sp³-hybridized carbons (Fsp3) is 0.500. The molecule has 0 aliphatic heterocycles. The maximum atomic E-state index is 6.02. The molecular formula is C14H19ClN2. The van der Waals surface area contributed by atoms with E-state index in [0.29, 0.717) is 12.0 Å². The summed E-state index contributed by atoms with van der Waals surface area (Å²) >= 11 is 6.02. The van der Waals surface area contributed by atoms with Gasteiger partial charge in [0.05, 0.1) is 11.0 Å². The lowest BCUT2D eigenvalue weighted by Gasteiger charge is -2.17. The minimum Gasteiger partial charge on any atom is -0.325 e. The van der Waals surface area contributed by atoms with Gasteiger partial charge in [-0.25, -0.2) is 4.98 Å². The van der Waals surface area contributed by atoms with E-state index in [1.807, 2.05) is 12.1 Å². The summed E-state index contributed by atoms with van der Waals surface area (Å²) in [6, 6.07) is 6.43. The quantitative estimate of drug-likeness (QED) is 0.766. The number of benzene rings is 1. The van der Waals surface area contributed by atoms with Gasteiger partial charge in [0.1, 0.15) is 5.82 Å². The van der Waals surface area contributed by atoms with Crippen molar-refractivity contribution in [2.45, 2.75) is 46.1 Å². The van der Waals surface area contributed by atoms with Crippen molar-refractivity contribution >= 4 is 22.6 Å². The van der Waals surface area contributed by atoms with Crippen LogP contribution in [-0.4, -0.2) is 9.55 Å². The Kier molecular flexibility index (Phi) is 3.43. The molecule has 3 heteroatoms. The average molecular weight is 251 g/mol. The number of rotatable bonds is 3. The summed E-state index contributed by atoms with van der Waals surface area (Å²) in [7, 11) is 0. The molecule has 1 aromatic carbocycles. The van der Waals surface area contributed by atoms with Crippen molar-refractivity contribution in [2.75, 3.05) is 0 Å². The van der Waals surface area contributed by atoms with E-state index < -0.39 is 0 Å². The zero-order valence-corrected chi connectivity index (χ0v) is 11.6. The van der Waals surface area contributed by atoms with Crippen LogP contribution in [0, 0.1) is 0 Å². The number of fused-ring (bicyclic) bond motifs is 1. The van der Waals surface area contributed by atoms with Crippen molar-refractivity contribution in [3.63, 3.8) is 0 Å². The van der Waals surface area contributed by atoms with Gasteiger partial charge in [-0.3, -0.25) is 0 Å². The van der Waals surface area contributed by atoms with Gasteiger partial charge in [0.2, 0.25) is 0 Å². The molecule has 1 aromatic heterocycles. The Morgan fingerprint density at radius 1 is 1.29 bits per heavy atom. The highest BCUT2D eigenvalue weighted by Gasteiger charge is 2.16. The Labute approximate surface area is 108 Å². The first-order valence-corrected chi connectivity index (χ1v) is 6.59. The van der Waals surface area contributed by atoms with Gasteiger partial charge >= 0.3 is 0 Å². The first kappa shape index (κ1) is 12.4. The van der Waals surface area contributed by atoms with Crippen molar-refractivity contribution in [2.24, 2.45) is 0 Å². The predicted octanol–water partition coefficient (Wildman–Crippen LogP) is 4.78. The van der Waals surface area contributed by atoms with Crippen LogP contribution in [0.5, 0.6) is 0 Å². The molecule has 1 unspecified atom stereocenters. The Balaban J connectivity index is 2.71. The lowest BCUT2D eigenvalue weighted by atomic mass is 10.1. The van der Waals surface area contributed by atoms with E-state index in [1.165, 1.54) is 5.52 Å². The summed E-state index contributed by atoms with van der Waals surface area (Å²) in [6.45, 7) is 8.81. The van der Waals surface area contributed by atoms with E-state index in [0.717, 1.165) is 22.8 Å². The van der Waals surface area contributed by atoms with Crippen LogP contribution in [0.1, 0.15) is 51.9 Å². The minimum absolute atomic E-state index is 0.426. The van der Waals surface area contributed by atoms with Crippen LogP contribution in [0.2, 0.25) is 5.02 Å². The third-order valence-corrected chi connectivity index (χ3v) is 3.46. The molecule has 1 heterocycles. The number of imidazole rings is 1. The molecule has 0 fully saturated rings. The van der Waals surface area contributed by atoms with Gasteiger partial charge in [0.25, 0.3) is 0 Å². The normalized spacial score (nSPS) is 13.5. The van der Waals surface area contributed by atoms with E-state index in [1.54, 1.807) is 0 Å². The monoisotopic (exact) mass is 250 g/mol. The highest BCUT2D eigenvalue weighted by molar-refractivity contribution is 6.31. The zero-order chi connectivity index (χ0) is 12.6. The first-order valence-electron chi connectivity index (χ1n) is 6.22. The second-order valence-corrected chi connectivity index (χ2v) is 5.32. The summed E-state index contributed by atoms with van der Waals surface area (Å²) in [4.78, 5) is 4.72. The molecule has 0 amide bonds. The third-order valence-electron chi connectivity index (χ3n) is 3.23. The molecule has 17 heavy (non-hydrogen) atoms. The van der Waals surface area contributed by atoms with Crippen molar-refractivity contribution in [1.82, 2.24) is 9.55 Å². The lowest BCUT2D eigenvalue weighted by Crippen LogP contribution is -2.09. The third kappa shape index (κ3) is 2.19. The number of nitrogens with zero attached hydrogens (tertiary/aromatic N) is 2. The molecule has 0 saturated heterocycles. The van der Waals surface area contributed by atoms with E-state index in [9.17, 15) is 0 Å². The fourth-order valence-corrected chi connectivity index (χ4v) is 2.31. The van der Waals surface area contributed by atoms with E-state index in [4.69, 9.17) is 16.6 Å². The van der Waals surface area contributed by atoms with Gasteiger partial charge in [0, 0.05) is 17.0 Å². The summed E-state index contributed by atoms with van der Waals surface area (Å²) in [5, 5.41) is 0.751. The molecule has 0 aliphatic carbocycles. The van der Waals surface area contributed by atoms with Crippen LogP contribution in [0.25, 0.3) is 11.0 Å². The molecule has 2 aromatic rings. The van der Waals surface area contributed by atoms with Gasteiger partial charge in [-0.05, 0) is 31.5 Å². The van der Waals surface area contributed by atoms with Crippen LogP contribution in [0.4, 0.5) is 0 Å². The summed E-state index contributed by atoms with van der Waals surface area (Å²) in [6.07, 6.45) is 1.10. The molecule has 0 aliphatic rings. The van der Waals surface area contributed by atoms with Crippen LogP contribution in [0.3, 0.4) is 0 Å². The van der Waals surface area contributed by atoms with Gasteiger partial charge in [-0.1, -0.05) is 32.4 Å². The lowest BCUT2D eigenvalue weighted by molar-refractivity contribution is 0.510. The van der Waals surface area contributed by atoms with E-state index in [-0.39, 0.29) is 0 Å². The molecule has 2 nitrogen and oxygen atoms in total. The zero-order valence-electron chi connectivity index (χ0n) is 10.9. The van der Waals surface area contributed by atoms with Crippen molar-refractivity contribution in [3.05, 3.63) is 29.0 Å². The Hall–Kier alpha value is -1.02. The molecule has 1 atom stereocenters. The number of hydrogen-bond acceptors (Lipinski definition) is 1. The molecular weight excluding hydrogens is 232 g/mol. The van der Waals surface area contributed by atoms with Crippen molar-refractivity contribution in [3.8, 4) is 0 Å². The van der Waals surface area contributed by atoms with Crippen molar-refractivity contribution < 1.29 is 0 Å². The van der Waals surface area contributed by atoms with Crippen LogP contribution >= 0.6 is 11.6 Å². The maximum absolute atomic E-state index is 6.02. The van der Waals surface area contributed by atoms with Crippen LogP contribution < -0.4 is 0 Å². The fourth-order valence-electron chi connectivity index (χ4n) is 2.14. The molecule has 2 rings (SSSR count). The molecule has 0 radical (unpaired) electrons. The second-order valence-electron chi connectivity index (χ2n) is 4.89. The first-order chi connectivity index (χ1) is 8.04.